The van der Waals surface area contributed by atoms with Crippen LogP contribution in [0, 0.1) is 18.3 Å². The molecule has 9 heteroatoms. The topological polar surface area (TPSA) is 115 Å². The number of amides is 1. The maximum atomic E-state index is 12.9. The molecule has 1 N–H and O–H groups in total. The lowest BCUT2D eigenvalue weighted by Gasteiger charge is -2.27. The Bertz CT molecular complexity index is 1100. The van der Waals surface area contributed by atoms with Crippen molar-refractivity contribution in [3.63, 3.8) is 0 Å². The van der Waals surface area contributed by atoms with E-state index in [1.54, 1.807) is 24.3 Å². The zero-order chi connectivity index (χ0) is 21.1. The molecule has 1 amide bonds. The molecule has 1 aliphatic rings. The Morgan fingerprint density at radius 2 is 2.17 bits per heavy atom. The maximum Gasteiger partial charge on any atom is 0.252 e. The maximum absolute atomic E-state index is 12.9. The molecule has 0 bridgehead atoms. The number of nitrogens with one attached hydrogen (secondary N) is 1. The molecule has 3 heterocycles. The lowest BCUT2D eigenvalue weighted by Crippen LogP contribution is -2.38. The van der Waals surface area contributed by atoms with Crippen LogP contribution in [0.5, 0.6) is 5.75 Å². The Kier molecular flexibility index (Phi) is 5.41. The van der Waals surface area contributed by atoms with Crippen LogP contribution in [-0.2, 0) is 4.74 Å². The average Bonchev–Trinajstić information content (AvgIpc) is 3.20. The van der Waals surface area contributed by atoms with Gasteiger partial charge in [0.05, 0.1) is 24.8 Å². The van der Waals surface area contributed by atoms with Crippen LogP contribution < -0.4 is 10.1 Å². The monoisotopic (exact) mass is 404 g/mol. The van der Waals surface area contributed by atoms with Crippen molar-refractivity contribution >= 4 is 5.91 Å². The zero-order valence-corrected chi connectivity index (χ0v) is 16.6. The first-order valence-corrected chi connectivity index (χ1v) is 9.47. The van der Waals surface area contributed by atoms with Gasteiger partial charge in [0.2, 0.25) is 0 Å². The first-order chi connectivity index (χ1) is 14.5. The van der Waals surface area contributed by atoms with E-state index in [0.717, 1.165) is 5.56 Å². The number of aromatic nitrogens is 4. The lowest BCUT2D eigenvalue weighted by atomic mass is 10.1. The Hall–Kier alpha value is -3.77. The molecule has 30 heavy (non-hydrogen) atoms. The molecular weight excluding hydrogens is 384 g/mol. The molecule has 9 nitrogen and oxygen atoms in total. The largest absolute Gasteiger partial charge is 0.486 e. The van der Waals surface area contributed by atoms with Crippen LogP contribution in [-0.4, -0.2) is 45.0 Å². The highest BCUT2D eigenvalue weighted by molar-refractivity contribution is 5.95. The van der Waals surface area contributed by atoms with Gasteiger partial charge < -0.3 is 14.8 Å². The normalized spacial score (nSPS) is 14.4. The molecule has 4 rings (SSSR count). The molecule has 0 saturated carbocycles. The molecule has 1 fully saturated rings. The van der Waals surface area contributed by atoms with Gasteiger partial charge in [-0.15, -0.1) is 0 Å². The SMILES string of the molecule is Cc1cc(OC2COC2)cc(C(=O)NC(C)c2ncnn2-c2ccc(C#N)cn2)c1. The molecule has 152 valence electrons. The summed E-state index contributed by atoms with van der Waals surface area (Å²) in [5.41, 5.74) is 1.88. The molecule has 1 saturated heterocycles. The highest BCUT2D eigenvalue weighted by Crippen LogP contribution is 2.21. The van der Waals surface area contributed by atoms with Gasteiger partial charge in [0.15, 0.2) is 11.6 Å². The number of carbonyl (C=O) groups is 1. The number of pyridine rings is 1. The number of rotatable bonds is 6. The van der Waals surface area contributed by atoms with Crippen LogP contribution in [0.3, 0.4) is 0 Å². The molecule has 3 aromatic rings. The van der Waals surface area contributed by atoms with Gasteiger partial charge in [-0.05, 0) is 49.7 Å². The number of ether oxygens (including phenoxy) is 2. The molecule has 0 aliphatic carbocycles. The minimum absolute atomic E-state index is 0.0279. The van der Waals surface area contributed by atoms with E-state index in [2.05, 4.69) is 20.4 Å². The predicted octanol–water partition coefficient (Wildman–Crippen LogP) is 2.11. The third-order valence-corrected chi connectivity index (χ3v) is 4.63. The minimum atomic E-state index is -0.428. The quantitative estimate of drug-likeness (QED) is 0.669. The molecule has 1 unspecified atom stereocenters. The second-order valence-corrected chi connectivity index (χ2v) is 7.05. The Balaban J connectivity index is 1.50. The standard InChI is InChI=1S/C21H20N6O3/c1-13-5-16(7-17(6-13)30-18-10-29-11-18)21(28)26-14(2)20-24-12-25-27(20)19-4-3-15(8-22)9-23-19/h3-7,9,12,14,18H,10-11H2,1-2H3,(H,26,28). The Labute approximate surface area is 173 Å². The minimum Gasteiger partial charge on any atom is -0.486 e. The summed E-state index contributed by atoms with van der Waals surface area (Å²) in [4.78, 5) is 21.4. The summed E-state index contributed by atoms with van der Waals surface area (Å²) in [6.07, 6.45) is 2.89. The van der Waals surface area contributed by atoms with Crippen molar-refractivity contribution < 1.29 is 14.3 Å². The Morgan fingerprint density at radius 1 is 1.33 bits per heavy atom. The van der Waals surface area contributed by atoms with Crippen molar-refractivity contribution in [2.24, 2.45) is 0 Å². The summed E-state index contributed by atoms with van der Waals surface area (Å²) in [5, 5.41) is 16.1. The van der Waals surface area contributed by atoms with Gasteiger partial charge in [-0.25, -0.2) is 9.97 Å². The van der Waals surface area contributed by atoms with E-state index in [1.165, 1.54) is 17.2 Å². The van der Waals surface area contributed by atoms with Gasteiger partial charge in [-0.3, -0.25) is 4.79 Å². The number of hydrogen-bond donors (Lipinski definition) is 1. The van der Waals surface area contributed by atoms with Gasteiger partial charge in [-0.1, -0.05) is 0 Å². The first kappa shape index (κ1) is 19.5. The summed E-state index contributed by atoms with van der Waals surface area (Å²) < 4.78 is 12.5. The molecule has 0 spiro atoms. The van der Waals surface area contributed by atoms with E-state index >= 15 is 0 Å². The molecule has 1 aliphatic heterocycles. The Morgan fingerprint density at radius 3 is 2.83 bits per heavy atom. The molecule has 1 atom stereocenters. The van der Waals surface area contributed by atoms with E-state index in [4.69, 9.17) is 14.7 Å². The van der Waals surface area contributed by atoms with E-state index in [9.17, 15) is 4.79 Å². The number of hydrogen-bond acceptors (Lipinski definition) is 7. The summed E-state index contributed by atoms with van der Waals surface area (Å²) >= 11 is 0. The number of carbonyl (C=O) groups excluding carboxylic acids is 1. The third kappa shape index (κ3) is 4.14. The summed E-state index contributed by atoms with van der Waals surface area (Å²) in [6, 6.07) is 10.4. The number of nitrogens with zero attached hydrogens (tertiary/aromatic N) is 5. The van der Waals surface area contributed by atoms with E-state index in [-0.39, 0.29) is 12.0 Å². The second-order valence-electron chi connectivity index (χ2n) is 7.05. The summed E-state index contributed by atoms with van der Waals surface area (Å²) in [6.45, 7) is 4.86. The fourth-order valence-electron chi connectivity index (χ4n) is 3.07. The fraction of sp³-hybridized carbons (Fsp3) is 0.286. The third-order valence-electron chi connectivity index (χ3n) is 4.63. The van der Waals surface area contributed by atoms with Crippen LogP contribution >= 0.6 is 0 Å². The van der Waals surface area contributed by atoms with Crippen molar-refractivity contribution in [1.29, 1.82) is 5.26 Å². The van der Waals surface area contributed by atoms with Gasteiger partial charge in [0.1, 0.15) is 24.3 Å². The highest BCUT2D eigenvalue weighted by Gasteiger charge is 2.22. The highest BCUT2D eigenvalue weighted by atomic mass is 16.6. The predicted molar refractivity (Wildman–Crippen MR) is 106 cm³/mol. The van der Waals surface area contributed by atoms with Crippen molar-refractivity contribution in [3.05, 3.63) is 65.4 Å². The smallest absolute Gasteiger partial charge is 0.252 e. The number of benzene rings is 1. The summed E-state index contributed by atoms with van der Waals surface area (Å²) in [7, 11) is 0. The van der Waals surface area contributed by atoms with Crippen LogP contribution in [0.4, 0.5) is 0 Å². The van der Waals surface area contributed by atoms with E-state index < -0.39 is 6.04 Å². The van der Waals surface area contributed by atoms with Gasteiger partial charge in [0, 0.05) is 11.8 Å². The average molecular weight is 404 g/mol. The van der Waals surface area contributed by atoms with Gasteiger partial charge in [-0.2, -0.15) is 15.0 Å². The zero-order valence-electron chi connectivity index (χ0n) is 16.6. The van der Waals surface area contributed by atoms with Crippen LogP contribution in [0.15, 0.2) is 42.9 Å². The van der Waals surface area contributed by atoms with Crippen molar-refractivity contribution in [1.82, 2.24) is 25.1 Å². The van der Waals surface area contributed by atoms with Gasteiger partial charge in [0.25, 0.3) is 5.91 Å². The molecule has 1 aromatic carbocycles. The molecule has 2 aromatic heterocycles. The first-order valence-electron chi connectivity index (χ1n) is 9.47. The molecule has 0 radical (unpaired) electrons. The fourth-order valence-corrected chi connectivity index (χ4v) is 3.07. The number of nitriles is 1. The lowest BCUT2D eigenvalue weighted by molar-refractivity contribution is -0.0797. The van der Waals surface area contributed by atoms with Crippen molar-refractivity contribution in [2.45, 2.75) is 26.0 Å². The van der Waals surface area contributed by atoms with Crippen LogP contribution in [0.2, 0.25) is 0 Å². The van der Waals surface area contributed by atoms with Crippen molar-refractivity contribution in [3.8, 4) is 17.6 Å². The summed E-state index contributed by atoms with van der Waals surface area (Å²) in [5.74, 6) is 1.43. The molecular formula is C21H20N6O3. The second kappa shape index (κ2) is 8.31. The number of aryl methyl sites for hydroxylation is 1. The van der Waals surface area contributed by atoms with Crippen LogP contribution in [0.25, 0.3) is 5.82 Å². The van der Waals surface area contributed by atoms with Gasteiger partial charge >= 0.3 is 0 Å². The van der Waals surface area contributed by atoms with E-state index in [1.807, 2.05) is 26.0 Å². The van der Waals surface area contributed by atoms with Crippen LogP contribution in [0.1, 0.15) is 40.3 Å². The van der Waals surface area contributed by atoms with E-state index in [0.29, 0.717) is 41.7 Å². The van der Waals surface area contributed by atoms with Crippen molar-refractivity contribution in [2.75, 3.05) is 13.2 Å².